The van der Waals surface area contributed by atoms with Crippen LogP contribution in [0.4, 0.5) is 11.4 Å². The minimum absolute atomic E-state index is 0.0219. The van der Waals surface area contributed by atoms with Crippen LogP contribution < -0.4 is 10.6 Å². The molecule has 36 heavy (non-hydrogen) atoms. The summed E-state index contributed by atoms with van der Waals surface area (Å²) in [7, 11) is 0. The average molecular weight is 479 g/mol. The molecule has 0 spiro atoms. The molecule has 5 nitrogen and oxygen atoms in total. The van der Waals surface area contributed by atoms with E-state index in [1.165, 1.54) is 31.2 Å². The molecular weight excluding hydrogens is 444 g/mol. The number of hydrogen-bond acceptors (Lipinski definition) is 3. The maximum Gasteiger partial charge on any atom is 0.238 e. The highest BCUT2D eigenvalue weighted by Gasteiger charge is 2.38. The molecule has 1 saturated carbocycles. The molecule has 5 heteroatoms. The molecule has 1 amide bonds. The number of carbonyl (C=O) groups excluding carboxylic acids is 1. The van der Waals surface area contributed by atoms with Crippen molar-refractivity contribution in [1.82, 2.24) is 10.2 Å². The zero-order valence-corrected chi connectivity index (χ0v) is 20.7. The Morgan fingerprint density at radius 3 is 2.33 bits per heavy atom. The van der Waals surface area contributed by atoms with Crippen LogP contribution in [0.15, 0.2) is 78.9 Å². The van der Waals surface area contributed by atoms with E-state index < -0.39 is 0 Å². The summed E-state index contributed by atoms with van der Waals surface area (Å²) in [5.41, 5.74) is 4.62. The first-order valence-electron chi connectivity index (χ1n) is 13.1. The molecule has 2 fully saturated rings. The van der Waals surface area contributed by atoms with Gasteiger partial charge in [0.25, 0.3) is 0 Å². The third-order valence-corrected chi connectivity index (χ3v) is 7.88. The molecule has 1 saturated heterocycles. The summed E-state index contributed by atoms with van der Waals surface area (Å²) in [5.74, 6) is -0.0219. The van der Waals surface area contributed by atoms with E-state index in [2.05, 4.69) is 44.6 Å². The molecule has 2 aliphatic rings. The average Bonchev–Trinajstić information content (AvgIpc) is 3.48. The second-order valence-electron chi connectivity index (χ2n) is 10.1. The van der Waals surface area contributed by atoms with Crippen molar-refractivity contribution in [3.8, 4) is 11.1 Å². The Hall–Kier alpha value is -3.46. The van der Waals surface area contributed by atoms with Gasteiger partial charge in [0.1, 0.15) is 0 Å². The monoisotopic (exact) mass is 478 g/mol. The van der Waals surface area contributed by atoms with E-state index in [0.29, 0.717) is 5.69 Å². The van der Waals surface area contributed by atoms with Crippen LogP contribution in [0.1, 0.15) is 44.1 Å². The Morgan fingerprint density at radius 2 is 1.64 bits per heavy atom. The highest BCUT2D eigenvalue weighted by molar-refractivity contribution is 5.92. The summed E-state index contributed by atoms with van der Waals surface area (Å²) in [6.07, 6.45) is 7.29. The van der Waals surface area contributed by atoms with Gasteiger partial charge >= 0.3 is 0 Å². The standard InChI is InChI=1S/C31H34N4O/c1-32-28-11-7-8-25(22-28)24-14-16-26(17-15-24)31(18-20-35(21-19-31)29-12-5-6-13-29)33-23-30(36)34-27-9-3-2-4-10-27/h2-4,7-11,14-17,22,29,33H,5-6,12-13,18-21,23H2,(H,34,36). The van der Waals surface area contributed by atoms with Gasteiger partial charge in [-0.1, -0.05) is 73.5 Å². The third-order valence-electron chi connectivity index (χ3n) is 7.88. The molecular formula is C31H34N4O. The Morgan fingerprint density at radius 1 is 0.917 bits per heavy atom. The number of anilines is 1. The lowest BCUT2D eigenvalue weighted by atomic mass is 9.79. The van der Waals surface area contributed by atoms with Crippen molar-refractivity contribution in [2.24, 2.45) is 0 Å². The number of amides is 1. The van der Waals surface area contributed by atoms with Crippen LogP contribution in [0.5, 0.6) is 0 Å². The van der Waals surface area contributed by atoms with E-state index in [4.69, 9.17) is 6.57 Å². The predicted molar refractivity (Wildman–Crippen MR) is 146 cm³/mol. The van der Waals surface area contributed by atoms with E-state index in [0.717, 1.165) is 48.8 Å². The Bertz CT molecular complexity index is 1200. The normalized spacial score (nSPS) is 18.0. The van der Waals surface area contributed by atoms with Gasteiger partial charge in [-0.15, -0.1) is 0 Å². The van der Waals surface area contributed by atoms with Crippen LogP contribution in [0.3, 0.4) is 0 Å². The summed E-state index contributed by atoms with van der Waals surface area (Å²) >= 11 is 0. The molecule has 3 aromatic rings. The van der Waals surface area contributed by atoms with Crippen molar-refractivity contribution in [3.63, 3.8) is 0 Å². The van der Waals surface area contributed by atoms with Gasteiger partial charge in [0.2, 0.25) is 5.91 Å². The molecule has 3 aromatic carbocycles. The van der Waals surface area contributed by atoms with E-state index >= 15 is 0 Å². The fraction of sp³-hybridized carbons (Fsp3) is 0.355. The van der Waals surface area contributed by atoms with Gasteiger partial charge in [0.15, 0.2) is 5.69 Å². The number of nitrogens with zero attached hydrogens (tertiary/aromatic N) is 2. The van der Waals surface area contributed by atoms with Crippen molar-refractivity contribution in [2.45, 2.75) is 50.1 Å². The number of benzene rings is 3. The predicted octanol–water partition coefficient (Wildman–Crippen LogP) is 6.37. The lowest BCUT2D eigenvalue weighted by molar-refractivity contribution is -0.116. The topological polar surface area (TPSA) is 48.7 Å². The Labute approximate surface area is 214 Å². The molecule has 1 aliphatic carbocycles. The van der Waals surface area contributed by atoms with Gasteiger partial charge in [0.05, 0.1) is 13.1 Å². The Balaban J connectivity index is 1.34. The molecule has 1 aliphatic heterocycles. The van der Waals surface area contributed by atoms with Crippen molar-refractivity contribution in [3.05, 3.63) is 95.8 Å². The van der Waals surface area contributed by atoms with E-state index in [-0.39, 0.29) is 18.0 Å². The van der Waals surface area contributed by atoms with Gasteiger partial charge in [-0.05, 0) is 60.6 Å². The first kappa shape index (κ1) is 24.2. The number of nitrogens with one attached hydrogen (secondary N) is 2. The smallest absolute Gasteiger partial charge is 0.238 e. The minimum Gasteiger partial charge on any atom is -0.325 e. The molecule has 5 rings (SSSR count). The second kappa shape index (κ2) is 11.1. The maximum absolute atomic E-state index is 12.8. The number of likely N-dealkylation sites (tertiary alicyclic amines) is 1. The summed E-state index contributed by atoms with van der Waals surface area (Å²) in [4.78, 5) is 19.0. The molecule has 0 radical (unpaired) electrons. The zero-order valence-electron chi connectivity index (χ0n) is 20.7. The van der Waals surface area contributed by atoms with Gasteiger partial charge in [-0.25, -0.2) is 4.85 Å². The van der Waals surface area contributed by atoms with Crippen molar-refractivity contribution in [2.75, 3.05) is 25.0 Å². The van der Waals surface area contributed by atoms with Crippen LogP contribution >= 0.6 is 0 Å². The highest BCUT2D eigenvalue weighted by Crippen LogP contribution is 2.37. The number of rotatable bonds is 7. The second-order valence-corrected chi connectivity index (χ2v) is 10.1. The van der Waals surface area contributed by atoms with Gasteiger partial charge in [-0.2, -0.15) is 0 Å². The zero-order chi connectivity index (χ0) is 24.8. The lowest BCUT2D eigenvalue weighted by Crippen LogP contribution is -2.54. The van der Waals surface area contributed by atoms with Crippen LogP contribution in [0, 0.1) is 6.57 Å². The quantitative estimate of drug-likeness (QED) is 0.388. The SMILES string of the molecule is [C-]#[N+]c1cccc(-c2ccc(C3(NCC(=O)Nc4ccccc4)CCN(C4CCCC4)CC3)cc2)c1. The van der Waals surface area contributed by atoms with Crippen LogP contribution in [0.25, 0.3) is 16.0 Å². The fourth-order valence-electron chi connectivity index (χ4n) is 5.82. The maximum atomic E-state index is 12.8. The molecule has 0 bridgehead atoms. The first-order valence-corrected chi connectivity index (χ1v) is 13.1. The lowest BCUT2D eigenvalue weighted by Gasteiger charge is -2.45. The molecule has 0 unspecified atom stereocenters. The highest BCUT2D eigenvalue weighted by atomic mass is 16.1. The van der Waals surface area contributed by atoms with E-state index in [1.54, 1.807) is 0 Å². The molecule has 0 aromatic heterocycles. The van der Waals surface area contributed by atoms with Crippen molar-refractivity contribution >= 4 is 17.3 Å². The number of para-hydroxylation sites is 1. The van der Waals surface area contributed by atoms with Gasteiger partial charge in [0, 0.05) is 30.4 Å². The molecule has 0 atom stereocenters. The summed E-state index contributed by atoms with van der Waals surface area (Å²) in [6, 6.07) is 26.8. The van der Waals surface area contributed by atoms with Gasteiger partial charge < -0.3 is 10.2 Å². The summed E-state index contributed by atoms with van der Waals surface area (Å²) in [5, 5.41) is 6.69. The largest absolute Gasteiger partial charge is 0.325 e. The third kappa shape index (κ3) is 5.51. The van der Waals surface area contributed by atoms with Crippen molar-refractivity contribution in [1.29, 1.82) is 0 Å². The van der Waals surface area contributed by atoms with E-state index in [1.807, 2.05) is 54.6 Å². The first-order chi connectivity index (χ1) is 17.6. The van der Waals surface area contributed by atoms with Crippen molar-refractivity contribution < 1.29 is 4.79 Å². The van der Waals surface area contributed by atoms with Crippen LogP contribution in [-0.2, 0) is 10.3 Å². The fourth-order valence-corrected chi connectivity index (χ4v) is 5.82. The molecule has 2 N–H and O–H groups in total. The number of carbonyl (C=O) groups is 1. The number of hydrogen-bond donors (Lipinski definition) is 2. The van der Waals surface area contributed by atoms with Crippen LogP contribution in [0.2, 0.25) is 0 Å². The summed E-state index contributed by atoms with van der Waals surface area (Å²) < 4.78 is 0. The van der Waals surface area contributed by atoms with Crippen LogP contribution in [-0.4, -0.2) is 36.5 Å². The number of piperidine rings is 1. The van der Waals surface area contributed by atoms with Gasteiger partial charge in [-0.3, -0.25) is 10.1 Å². The summed E-state index contributed by atoms with van der Waals surface area (Å²) in [6.45, 7) is 9.67. The Kier molecular flexibility index (Phi) is 7.46. The van der Waals surface area contributed by atoms with E-state index in [9.17, 15) is 4.79 Å². The minimum atomic E-state index is -0.236. The molecule has 1 heterocycles. The molecule has 184 valence electrons.